The lowest BCUT2D eigenvalue weighted by molar-refractivity contribution is 0.593. The van der Waals surface area contributed by atoms with E-state index in [-0.39, 0.29) is 0 Å². The summed E-state index contributed by atoms with van der Waals surface area (Å²) in [4.78, 5) is 0. The summed E-state index contributed by atoms with van der Waals surface area (Å²) in [6.45, 7) is 0. The first kappa shape index (κ1) is 9.86. The van der Waals surface area contributed by atoms with Crippen LogP contribution in [0.15, 0.2) is 42.5 Å². The number of fused-ring (bicyclic) bond motifs is 1. The fourth-order valence-corrected chi connectivity index (χ4v) is 2.42. The highest BCUT2D eigenvalue weighted by Crippen LogP contribution is 2.33. The van der Waals surface area contributed by atoms with Crippen molar-refractivity contribution < 1.29 is 0 Å². The average molecular weight is 211 g/mol. The van der Waals surface area contributed by atoms with Crippen molar-refractivity contribution in [1.82, 2.24) is 0 Å². The molecule has 0 bridgehead atoms. The Balaban J connectivity index is 1.95. The summed E-state index contributed by atoms with van der Waals surface area (Å²) in [7, 11) is 0. The Kier molecular flexibility index (Phi) is 2.41. The maximum atomic E-state index is 6.20. The Hall–Kier alpha value is -1.34. The van der Waals surface area contributed by atoms with Gasteiger partial charge in [0.1, 0.15) is 0 Å². The Labute approximate surface area is 96.3 Å². The van der Waals surface area contributed by atoms with Gasteiger partial charge in [-0.15, -0.1) is 0 Å². The van der Waals surface area contributed by atoms with Gasteiger partial charge in [-0.3, -0.25) is 0 Å². The largest absolute Gasteiger partial charge is 0.327 e. The first-order chi connectivity index (χ1) is 7.84. The lowest BCUT2D eigenvalue weighted by Gasteiger charge is -2.12. The van der Waals surface area contributed by atoms with Gasteiger partial charge in [-0.2, -0.15) is 0 Å². The number of rotatable bonds is 3. The summed E-state index contributed by atoms with van der Waals surface area (Å²) in [5.41, 5.74) is 7.60. The van der Waals surface area contributed by atoms with Gasteiger partial charge in [0.05, 0.1) is 0 Å². The Morgan fingerprint density at radius 1 is 1.06 bits per heavy atom. The summed E-state index contributed by atoms with van der Waals surface area (Å²) >= 11 is 0. The molecule has 1 aliphatic carbocycles. The van der Waals surface area contributed by atoms with Crippen LogP contribution in [0.2, 0.25) is 0 Å². The monoisotopic (exact) mass is 211 g/mol. The molecule has 1 heteroatoms. The van der Waals surface area contributed by atoms with Crippen molar-refractivity contribution in [3.05, 3.63) is 48.0 Å². The third kappa shape index (κ3) is 1.83. The number of hydrogen-bond acceptors (Lipinski definition) is 1. The lowest BCUT2D eigenvalue weighted by Crippen LogP contribution is -2.25. The summed E-state index contributed by atoms with van der Waals surface area (Å²) < 4.78 is 0. The van der Waals surface area contributed by atoms with Crippen molar-refractivity contribution in [3.63, 3.8) is 0 Å². The topological polar surface area (TPSA) is 26.0 Å². The van der Waals surface area contributed by atoms with E-state index in [0.717, 1.165) is 12.3 Å². The maximum absolute atomic E-state index is 6.20. The molecule has 1 unspecified atom stereocenters. The van der Waals surface area contributed by atoms with Crippen LogP contribution in [0.1, 0.15) is 18.4 Å². The van der Waals surface area contributed by atoms with Crippen LogP contribution in [0.25, 0.3) is 10.8 Å². The van der Waals surface area contributed by atoms with Crippen LogP contribution < -0.4 is 5.73 Å². The third-order valence-corrected chi connectivity index (χ3v) is 3.56. The highest BCUT2D eigenvalue weighted by atomic mass is 14.7. The molecule has 0 radical (unpaired) electrons. The van der Waals surface area contributed by atoms with E-state index < -0.39 is 0 Å². The van der Waals surface area contributed by atoms with Gasteiger partial charge in [0.15, 0.2) is 0 Å². The molecule has 82 valence electrons. The maximum Gasteiger partial charge on any atom is 0.0108 e. The van der Waals surface area contributed by atoms with Crippen LogP contribution in [-0.2, 0) is 6.42 Å². The smallest absolute Gasteiger partial charge is 0.0108 e. The molecule has 2 N–H and O–H groups in total. The Morgan fingerprint density at radius 3 is 2.62 bits per heavy atom. The van der Waals surface area contributed by atoms with E-state index in [1.807, 2.05) is 0 Å². The minimum Gasteiger partial charge on any atom is -0.327 e. The molecule has 16 heavy (non-hydrogen) atoms. The SMILES string of the molecule is NC(Cc1cccc2ccccc12)C1CC1. The van der Waals surface area contributed by atoms with E-state index in [4.69, 9.17) is 5.73 Å². The molecule has 1 fully saturated rings. The summed E-state index contributed by atoms with van der Waals surface area (Å²) in [6, 6.07) is 15.4. The zero-order chi connectivity index (χ0) is 11.0. The highest BCUT2D eigenvalue weighted by molar-refractivity contribution is 5.85. The van der Waals surface area contributed by atoms with Crippen molar-refractivity contribution in [2.24, 2.45) is 11.7 Å². The van der Waals surface area contributed by atoms with Crippen LogP contribution >= 0.6 is 0 Å². The van der Waals surface area contributed by atoms with Gasteiger partial charge in [-0.05, 0) is 41.5 Å². The quantitative estimate of drug-likeness (QED) is 0.829. The van der Waals surface area contributed by atoms with E-state index in [0.29, 0.717) is 6.04 Å². The van der Waals surface area contributed by atoms with Crippen LogP contribution in [0.5, 0.6) is 0 Å². The molecule has 0 saturated heterocycles. The Morgan fingerprint density at radius 2 is 1.81 bits per heavy atom. The molecule has 0 aliphatic heterocycles. The predicted octanol–water partition coefficient (Wildman–Crippen LogP) is 3.12. The van der Waals surface area contributed by atoms with Crippen LogP contribution in [0, 0.1) is 5.92 Å². The number of benzene rings is 2. The molecule has 2 aromatic carbocycles. The zero-order valence-electron chi connectivity index (χ0n) is 9.39. The summed E-state index contributed by atoms with van der Waals surface area (Å²) in [5, 5.41) is 2.68. The second-order valence-corrected chi connectivity index (χ2v) is 4.84. The number of hydrogen-bond donors (Lipinski definition) is 1. The molecule has 1 nitrogen and oxygen atoms in total. The van der Waals surface area contributed by atoms with E-state index in [2.05, 4.69) is 42.5 Å². The van der Waals surface area contributed by atoms with Crippen LogP contribution in [-0.4, -0.2) is 6.04 Å². The fraction of sp³-hybridized carbons (Fsp3) is 0.333. The first-order valence-corrected chi connectivity index (χ1v) is 6.07. The van der Waals surface area contributed by atoms with Crippen molar-refractivity contribution in [3.8, 4) is 0 Å². The van der Waals surface area contributed by atoms with Gasteiger partial charge in [0.2, 0.25) is 0 Å². The molecule has 3 rings (SSSR count). The normalized spacial score (nSPS) is 17.6. The van der Waals surface area contributed by atoms with Gasteiger partial charge in [0, 0.05) is 6.04 Å². The molecule has 0 amide bonds. The fourth-order valence-electron chi connectivity index (χ4n) is 2.42. The van der Waals surface area contributed by atoms with E-state index >= 15 is 0 Å². The van der Waals surface area contributed by atoms with Crippen molar-refractivity contribution >= 4 is 10.8 Å². The third-order valence-electron chi connectivity index (χ3n) is 3.56. The minimum atomic E-state index is 0.353. The summed E-state index contributed by atoms with van der Waals surface area (Å²) in [5.74, 6) is 0.777. The molecule has 1 aliphatic rings. The van der Waals surface area contributed by atoms with E-state index in [1.54, 1.807) is 0 Å². The molecule has 0 aromatic heterocycles. The van der Waals surface area contributed by atoms with Gasteiger partial charge in [-0.1, -0.05) is 42.5 Å². The van der Waals surface area contributed by atoms with Crippen molar-refractivity contribution in [2.45, 2.75) is 25.3 Å². The van der Waals surface area contributed by atoms with Crippen LogP contribution in [0.3, 0.4) is 0 Å². The van der Waals surface area contributed by atoms with Gasteiger partial charge >= 0.3 is 0 Å². The molecular formula is C15H17N. The average Bonchev–Trinajstić information content (AvgIpc) is 3.13. The van der Waals surface area contributed by atoms with Crippen molar-refractivity contribution in [1.29, 1.82) is 0 Å². The molecule has 0 heterocycles. The Bertz CT molecular complexity index is 494. The molecule has 1 atom stereocenters. The minimum absolute atomic E-state index is 0.353. The number of nitrogens with two attached hydrogens (primary N) is 1. The van der Waals surface area contributed by atoms with Gasteiger partial charge in [-0.25, -0.2) is 0 Å². The molecule has 1 saturated carbocycles. The predicted molar refractivity (Wildman–Crippen MR) is 68.4 cm³/mol. The van der Waals surface area contributed by atoms with Crippen LogP contribution in [0.4, 0.5) is 0 Å². The first-order valence-electron chi connectivity index (χ1n) is 6.07. The highest BCUT2D eigenvalue weighted by Gasteiger charge is 2.28. The molecule has 2 aromatic rings. The zero-order valence-corrected chi connectivity index (χ0v) is 9.39. The van der Waals surface area contributed by atoms with Gasteiger partial charge in [0.25, 0.3) is 0 Å². The summed E-state index contributed by atoms with van der Waals surface area (Å²) in [6.07, 6.45) is 3.67. The lowest BCUT2D eigenvalue weighted by atomic mass is 9.97. The van der Waals surface area contributed by atoms with E-state index in [1.165, 1.54) is 29.2 Å². The van der Waals surface area contributed by atoms with Crippen molar-refractivity contribution in [2.75, 3.05) is 0 Å². The van der Waals surface area contributed by atoms with E-state index in [9.17, 15) is 0 Å². The van der Waals surface area contributed by atoms with Gasteiger partial charge < -0.3 is 5.73 Å². The second-order valence-electron chi connectivity index (χ2n) is 4.84. The molecular weight excluding hydrogens is 194 g/mol. The molecule has 0 spiro atoms. The standard InChI is InChI=1S/C15H17N/c16-15(12-8-9-12)10-13-6-3-5-11-4-1-2-7-14(11)13/h1-7,12,15H,8-10,16H2. The second kappa shape index (κ2) is 3.91.